The third-order valence-electron chi connectivity index (χ3n) is 4.79. The van der Waals surface area contributed by atoms with Gasteiger partial charge in [0.2, 0.25) is 0 Å². The van der Waals surface area contributed by atoms with Gasteiger partial charge in [-0.3, -0.25) is 9.58 Å². The van der Waals surface area contributed by atoms with E-state index in [4.69, 9.17) is 4.74 Å². The van der Waals surface area contributed by atoms with Crippen molar-refractivity contribution in [2.75, 3.05) is 13.2 Å². The standard InChI is InChI=1S/C20H24N4OS/c1-15-8-9-18(26-15)11-24-10-17(20-19(12-24)21-22-23(20)2)14-25-13-16-6-4-3-5-7-16/h3-9,17H,10-14H2,1-2H3. The molecule has 0 amide bonds. The van der Waals surface area contributed by atoms with Gasteiger partial charge >= 0.3 is 0 Å². The predicted molar refractivity (Wildman–Crippen MR) is 103 cm³/mol. The molecule has 0 bridgehead atoms. The first kappa shape index (κ1) is 17.4. The van der Waals surface area contributed by atoms with E-state index in [1.165, 1.54) is 21.0 Å². The Balaban J connectivity index is 1.44. The van der Waals surface area contributed by atoms with Gasteiger partial charge in [0.25, 0.3) is 0 Å². The highest BCUT2D eigenvalue weighted by atomic mass is 32.1. The Morgan fingerprint density at radius 3 is 2.81 bits per heavy atom. The molecule has 0 N–H and O–H groups in total. The van der Waals surface area contributed by atoms with E-state index >= 15 is 0 Å². The average molecular weight is 369 g/mol. The average Bonchev–Trinajstić information content (AvgIpc) is 3.22. The summed E-state index contributed by atoms with van der Waals surface area (Å²) < 4.78 is 7.97. The highest BCUT2D eigenvalue weighted by molar-refractivity contribution is 7.11. The lowest BCUT2D eigenvalue weighted by molar-refractivity contribution is 0.0832. The summed E-state index contributed by atoms with van der Waals surface area (Å²) >= 11 is 1.87. The Hall–Kier alpha value is -2.02. The second kappa shape index (κ2) is 7.70. The summed E-state index contributed by atoms with van der Waals surface area (Å²) in [6.45, 7) is 6.27. The smallest absolute Gasteiger partial charge is 0.100 e. The van der Waals surface area contributed by atoms with E-state index in [1.807, 2.05) is 41.3 Å². The molecule has 1 unspecified atom stereocenters. The third kappa shape index (κ3) is 3.87. The van der Waals surface area contributed by atoms with E-state index in [0.29, 0.717) is 19.1 Å². The van der Waals surface area contributed by atoms with Crippen molar-refractivity contribution in [2.24, 2.45) is 7.05 Å². The number of benzene rings is 1. The molecular formula is C20H24N4OS. The monoisotopic (exact) mass is 368 g/mol. The van der Waals surface area contributed by atoms with Crippen LogP contribution in [0.2, 0.25) is 0 Å². The van der Waals surface area contributed by atoms with Gasteiger partial charge in [-0.1, -0.05) is 35.5 Å². The Morgan fingerprint density at radius 1 is 1.19 bits per heavy atom. The number of hydrogen-bond acceptors (Lipinski definition) is 5. The minimum absolute atomic E-state index is 0.295. The summed E-state index contributed by atoms with van der Waals surface area (Å²) in [7, 11) is 1.98. The molecule has 26 heavy (non-hydrogen) atoms. The molecule has 0 fully saturated rings. The van der Waals surface area contributed by atoms with Crippen molar-refractivity contribution in [3.63, 3.8) is 0 Å². The van der Waals surface area contributed by atoms with Gasteiger partial charge < -0.3 is 4.74 Å². The Morgan fingerprint density at radius 2 is 2.04 bits per heavy atom. The number of fused-ring (bicyclic) bond motifs is 1. The minimum atomic E-state index is 0.295. The largest absolute Gasteiger partial charge is 0.376 e. The number of aromatic nitrogens is 3. The van der Waals surface area contributed by atoms with Crippen LogP contribution in [-0.4, -0.2) is 33.0 Å². The first-order valence-corrected chi connectivity index (χ1v) is 9.78. The quantitative estimate of drug-likeness (QED) is 0.668. The lowest BCUT2D eigenvalue weighted by Gasteiger charge is -2.31. The fourth-order valence-corrected chi connectivity index (χ4v) is 4.56. The van der Waals surface area contributed by atoms with Crippen LogP contribution in [-0.2, 0) is 31.5 Å². The van der Waals surface area contributed by atoms with Crippen molar-refractivity contribution in [1.82, 2.24) is 19.9 Å². The summed E-state index contributed by atoms with van der Waals surface area (Å²) in [6, 6.07) is 14.8. The minimum Gasteiger partial charge on any atom is -0.376 e. The number of ether oxygens (including phenoxy) is 1. The summed E-state index contributed by atoms with van der Waals surface area (Å²) in [5.41, 5.74) is 3.51. The molecule has 1 atom stereocenters. The van der Waals surface area contributed by atoms with Crippen LogP contribution >= 0.6 is 11.3 Å². The maximum absolute atomic E-state index is 6.05. The van der Waals surface area contributed by atoms with Gasteiger partial charge in [0, 0.05) is 42.4 Å². The van der Waals surface area contributed by atoms with Crippen molar-refractivity contribution in [2.45, 2.75) is 32.5 Å². The molecule has 1 aliphatic heterocycles. The van der Waals surface area contributed by atoms with Gasteiger partial charge in [-0.2, -0.15) is 0 Å². The molecule has 6 heteroatoms. The van der Waals surface area contributed by atoms with Crippen LogP contribution in [0.1, 0.15) is 32.6 Å². The molecule has 0 saturated carbocycles. The normalized spacial score (nSPS) is 17.4. The van der Waals surface area contributed by atoms with Gasteiger partial charge in [-0.25, -0.2) is 0 Å². The molecule has 0 spiro atoms. The molecule has 5 nitrogen and oxygen atoms in total. The molecule has 2 aromatic heterocycles. The van der Waals surface area contributed by atoms with Crippen LogP contribution in [0.3, 0.4) is 0 Å². The van der Waals surface area contributed by atoms with Gasteiger partial charge in [-0.05, 0) is 24.6 Å². The molecule has 136 valence electrons. The number of rotatable bonds is 6. The van der Waals surface area contributed by atoms with Crippen LogP contribution in [0.5, 0.6) is 0 Å². The van der Waals surface area contributed by atoms with Crippen LogP contribution in [0.15, 0.2) is 42.5 Å². The SMILES string of the molecule is Cc1ccc(CN2Cc3nnn(C)c3C(COCc3ccccc3)C2)s1. The predicted octanol–water partition coefficient (Wildman–Crippen LogP) is 3.50. The Bertz CT molecular complexity index is 858. The lowest BCUT2D eigenvalue weighted by Crippen LogP contribution is -2.35. The number of aryl methyl sites for hydroxylation is 2. The van der Waals surface area contributed by atoms with Crippen molar-refractivity contribution in [3.8, 4) is 0 Å². The van der Waals surface area contributed by atoms with Crippen molar-refractivity contribution in [3.05, 3.63) is 69.2 Å². The van der Waals surface area contributed by atoms with Crippen molar-refractivity contribution < 1.29 is 4.74 Å². The number of thiophene rings is 1. The zero-order valence-electron chi connectivity index (χ0n) is 15.3. The van der Waals surface area contributed by atoms with E-state index in [-0.39, 0.29) is 0 Å². The Kier molecular flexibility index (Phi) is 5.15. The first-order valence-electron chi connectivity index (χ1n) is 8.97. The molecule has 4 rings (SSSR count). The zero-order valence-corrected chi connectivity index (χ0v) is 16.1. The molecule has 0 radical (unpaired) electrons. The van der Waals surface area contributed by atoms with Crippen molar-refractivity contribution in [1.29, 1.82) is 0 Å². The van der Waals surface area contributed by atoms with Crippen LogP contribution < -0.4 is 0 Å². The fourth-order valence-electron chi connectivity index (χ4n) is 3.63. The summed E-state index contributed by atoms with van der Waals surface area (Å²) in [5.74, 6) is 0.295. The molecule has 1 aliphatic rings. The maximum Gasteiger partial charge on any atom is 0.100 e. The van der Waals surface area contributed by atoms with Crippen LogP contribution in [0.4, 0.5) is 0 Å². The highest BCUT2D eigenvalue weighted by Gasteiger charge is 2.30. The van der Waals surface area contributed by atoms with E-state index in [1.54, 1.807) is 0 Å². The van der Waals surface area contributed by atoms with Gasteiger partial charge in [-0.15, -0.1) is 16.4 Å². The van der Waals surface area contributed by atoms with Gasteiger partial charge in [0.05, 0.1) is 18.9 Å². The topological polar surface area (TPSA) is 43.2 Å². The number of nitrogens with zero attached hydrogens (tertiary/aromatic N) is 4. The molecular weight excluding hydrogens is 344 g/mol. The highest BCUT2D eigenvalue weighted by Crippen LogP contribution is 2.29. The molecule has 0 saturated heterocycles. The first-order chi connectivity index (χ1) is 12.7. The molecule has 1 aromatic carbocycles. The van der Waals surface area contributed by atoms with E-state index in [2.05, 4.69) is 46.4 Å². The van der Waals surface area contributed by atoms with Crippen LogP contribution in [0, 0.1) is 6.92 Å². The summed E-state index contributed by atoms with van der Waals surface area (Å²) in [5, 5.41) is 8.64. The molecule has 0 aliphatic carbocycles. The van der Waals surface area contributed by atoms with E-state index in [0.717, 1.165) is 25.3 Å². The summed E-state index contributed by atoms with van der Waals surface area (Å²) in [4.78, 5) is 5.22. The Labute approximate surface area is 158 Å². The number of hydrogen-bond donors (Lipinski definition) is 0. The second-order valence-corrected chi connectivity index (χ2v) is 8.30. The third-order valence-corrected chi connectivity index (χ3v) is 5.77. The second-order valence-electron chi connectivity index (χ2n) is 6.92. The fraction of sp³-hybridized carbons (Fsp3) is 0.400. The van der Waals surface area contributed by atoms with Crippen LogP contribution in [0.25, 0.3) is 0 Å². The molecule has 3 heterocycles. The van der Waals surface area contributed by atoms with Gasteiger partial charge in [0.1, 0.15) is 5.69 Å². The molecule has 3 aromatic rings. The van der Waals surface area contributed by atoms with Crippen molar-refractivity contribution >= 4 is 11.3 Å². The summed E-state index contributed by atoms with van der Waals surface area (Å²) in [6.07, 6.45) is 0. The van der Waals surface area contributed by atoms with E-state index < -0.39 is 0 Å². The lowest BCUT2D eigenvalue weighted by atomic mass is 9.99. The van der Waals surface area contributed by atoms with Gasteiger partial charge in [0.15, 0.2) is 0 Å². The van der Waals surface area contributed by atoms with E-state index in [9.17, 15) is 0 Å². The zero-order chi connectivity index (χ0) is 17.9. The maximum atomic E-state index is 6.05.